The predicted octanol–water partition coefficient (Wildman–Crippen LogP) is 11.3. The van der Waals surface area contributed by atoms with Gasteiger partial charge >= 0.3 is 5.97 Å². The SMILES string of the molecule is CCCCCCCCCCCCCCCC(CCCCCCCCCCCCCC)(NC(C)=S)C(=O)O. The van der Waals surface area contributed by atoms with Crippen molar-refractivity contribution in [2.45, 2.75) is 200 Å². The van der Waals surface area contributed by atoms with E-state index in [1.165, 1.54) is 135 Å². The fourth-order valence-electron chi connectivity index (χ4n) is 5.57. The van der Waals surface area contributed by atoms with Gasteiger partial charge in [0.1, 0.15) is 5.54 Å². The van der Waals surface area contributed by atoms with Gasteiger partial charge < -0.3 is 10.4 Å². The first-order chi connectivity index (χ1) is 18.0. The third kappa shape index (κ3) is 23.0. The second-order valence-electron chi connectivity index (χ2n) is 11.7. The maximum absolute atomic E-state index is 12.3. The van der Waals surface area contributed by atoms with Gasteiger partial charge in [0.25, 0.3) is 0 Å². The fourth-order valence-corrected chi connectivity index (χ4v) is 5.76. The second-order valence-corrected chi connectivity index (χ2v) is 12.3. The Morgan fingerprint density at radius 1 is 0.541 bits per heavy atom. The molecule has 0 aliphatic carbocycles. The fraction of sp³-hybridized carbons (Fsp3) is 0.939. The Bertz CT molecular complexity index is 524. The van der Waals surface area contributed by atoms with Crippen LogP contribution < -0.4 is 5.32 Å². The topological polar surface area (TPSA) is 49.3 Å². The number of unbranched alkanes of at least 4 members (excludes halogenated alkanes) is 23. The quantitative estimate of drug-likeness (QED) is 0.0733. The number of nitrogens with one attached hydrogen (secondary N) is 1. The van der Waals surface area contributed by atoms with Crippen molar-refractivity contribution < 1.29 is 9.90 Å². The minimum atomic E-state index is -0.873. The number of hydrogen-bond acceptors (Lipinski definition) is 2. The van der Waals surface area contributed by atoms with Crippen LogP contribution in [-0.4, -0.2) is 21.6 Å². The molecule has 0 saturated heterocycles. The smallest absolute Gasteiger partial charge is 0.329 e. The van der Waals surface area contributed by atoms with Crippen LogP contribution in [0.4, 0.5) is 0 Å². The van der Waals surface area contributed by atoms with Gasteiger partial charge in [-0.15, -0.1) is 0 Å². The van der Waals surface area contributed by atoms with Crippen molar-refractivity contribution in [2.75, 3.05) is 0 Å². The van der Waals surface area contributed by atoms with Gasteiger partial charge in [-0.3, -0.25) is 0 Å². The van der Waals surface area contributed by atoms with Crippen LogP contribution in [0.1, 0.15) is 194 Å². The Morgan fingerprint density at radius 2 is 0.784 bits per heavy atom. The summed E-state index contributed by atoms with van der Waals surface area (Å²) >= 11 is 5.28. The first-order valence-electron chi connectivity index (χ1n) is 16.5. The standard InChI is InChI=1S/C33H65NO2S/c1-4-6-8-10-12-14-16-18-20-22-24-26-28-30-33(32(35)36,34-31(3)37)29-27-25-23-21-19-17-15-13-11-9-7-5-2/h4-30H2,1-3H3,(H,34,37)(H,35,36). The highest BCUT2D eigenvalue weighted by Crippen LogP contribution is 2.25. The third-order valence-corrected chi connectivity index (χ3v) is 8.09. The van der Waals surface area contributed by atoms with E-state index < -0.39 is 11.5 Å². The summed E-state index contributed by atoms with van der Waals surface area (Å²) in [6, 6.07) is 0. The maximum atomic E-state index is 12.3. The molecule has 220 valence electrons. The summed E-state index contributed by atoms with van der Waals surface area (Å²) in [4.78, 5) is 12.9. The van der Waals surface area contributed by atoms with E-state index in [0.29, 0.717) is 17.8 Å². The number of aliphatic carboxylic acids is 1. The van der Waals surface area contributed by atoms with Gasteiger partial charge in [-0.05, 0) is 19.8 Å². The highest BCUT2D eigenvalue weighted by Gasteiger charge is 2.37. The molecule has 0 aromatic carbocycles. The molecule has 1 atom stereocenters. The van der Waals surface area contributed by atoms with Gasteiger partial charge in [0.05, 0.1) is 4.99 Å². The Hall–Kier alpha value is -0.640. The first kappa shape index (κ1) is 36.4. The van der Waals surface area contributed by atoms with Crippen molar-refractivity contribution in [3.63, 3.8) is 0 Å². The van der Waals surface area contributed by atoms with E-state index in [1.54, 1.807) is 0 Å². The number of carboxylic acids is 1. The normalized spacial score (nSPS) is 12.9. The van der Waals surface area contributed by atoms with Crippen LogP contribution in [0.15, 0.2) is 0 Å². The summed E-state index contributed by atoms with van der Waals surface area (Å²) in [6.07, 6.45) is 33.9. The summed E-state index contributed by atoms with van der Waals surface area (Å²) in [5, 5.41) is 13.3. The second kappa shape index (κ2) is 26.9. The number of hydrogen-bond donors (Lipinski definition) is 2. The first-order valence-corrected chi connectivity index (χ1v) is 16.9. The lowest BCUT2D eigenvalue weighted by Gasteiger charge is -2.31. The van der Waals surface area contributed by atoms with Crippen LogP contribution in [0.3, 0.4) is 0 Å². The zero-order valence-electron chi connectivity index (χ0n) is 25.4. The molecule has 0 amide bonds. The summed E-state index contributed by atoms with van der Waals surface area (Å²) < 4.78 is 0. The average Bonchev–Trinajstić information content (AvgIpc) is 2.86. The minimum Gasteiger partial charge on any atom is -0.480 e. The zero-order valence-corrected chi connectivity index (χ0v) is 26.2. The molecule has 0 heterocycles. The van der Waals surface area contributed by atoms with Crippen LogP contribution in [0.25, 0.3) is 0 Å². The largest absolute Gasteiger partial charge is 0.480 e. The highest BCUT2D eigenvalue weighted by molar-refractivity contribution is 7.80. The molecule has 0 aromatic rings. The highest BCUT2D eigenvalue weighted by atomic mass is 32.1. The Balaban J connectivity index is 4.00. The van der Waals surface area contributed by atoms with Crippen LogP contribution >= 0.6 is 12.2 Å². The molecule has 4 heteroatoms. The lowest BCUT2D eigenvalue weighted by molar-refractivity contribution is -0.145. The van der Waals surface area contributed by atoms with E-state index in [-0.39, 0.29) is 0 Å². The number of thiocarbonyl (C=S) groups is 1. The van der Waals surface area contributed by atoms with E-state index >= 15 is 0 Å². The summed E-state index contributed by atoms with van der Waals surface area (Å²) in [6.45, 7) is 6.36. The molecule has 0 saturated carbocycles. The van der Waals surface area contributed by atoms with E-state index in [4.69, 9.17) is 12.2 Å². The summed E-state index contributed by atoms with van der Waals surface area (Å²) in [5.74, 6) is -0.723. The molecule has 0 fully saturated rings. The molecule has 0 bridgehead atoms. The van der Waals surface area contributed by atoms with Gasteiger partial charge in [0.2, 0.25) is 0 Å². The molecular weight excluding hydrogens is 474 g/mol. The molecule has 0 aromatic heterocycles. The summed E-state index contributed by atoms with van der Waals surface area (Å²) in [7, 11) is 0. The lowest BCUT2D eigenvalue weighted by Crippen LogP contribution is -2.53. The zero-order chi connectivity index (χ0) is 27.5. The predicted molar refractivity (Wildman–Crippen MR) is 168 cm³/mol. The molecule has 0 radical (unpaired) electrons. The van der Waals surface area contributed by atoms with Crippen molar-refractivity contribution in [2.24, 2.45) is 0 Å². The van der Waals surface area contributed by atoms with Crippen LogP contribution in [0.2, 0.25) is 0 Å². The van der Waals surface area contributed by atoms with Crippen LogP contribution in [-0.2, 0) is 4.79 Å². The molecule has 0 aliphatic heterocycles. The third-order valence-electron chi connectivity index (χ3n) is 7.99. The van der Waals surface area contributed by atoms with Gasteiger partial charge in [0.15, 0.2) is 0 Å². The molecule has 37 heavy (non-hydrogen) atoms. The molecule has 2 N–H and O–H groups in total. The minimum absolute atomic E-state index is 0.607. The van der Waals surface area contributed by atoms with E-state index in [1.807, 2.05) is 6.92 Å². The Labute approximate surface area is 237 Å². The lowest BCUT2D eigenvalue weighted by atomic mass is 9.86. The number of carbonyl (C=O) groups is 1. The molecule has 1 unspecified atom stereocenters. The number of rotatable bonds is 29. The van der Waals surface area contributed by atoms with Gasteiger partial charge in [-0.25, -0.2) is 4.79 Å². The van der Waals surface area contributed by atoms with Crippen molar-refractivity contribution >= 4 is 23.2 Å². The van der Waals surface area contributed by atoms with Crippen molar-refractivity contribution in [3.8, 4) is 0 Å². The number of carboxylic acid groups (broad SMARTS) is 1. The summed E-state index contributed by atoms with van der Waals surface area (Å²) in [5.41, 5.74) is -0.873. The van der Waals surface area contributed by atoms with Gasteiger partial charge in [0, 0.05) is 0 Å². The van der Waals surface area contributed by atoms with E-state index in [9.17, 15) is 9.90 Å². The Morgan fingerprint density at radius 3 is 1.00 bits per heavy atom. The Kier molecular flexibility index (Phi) is 26.5. The monoisotopic (exact) mass is 539 g/mol. The van der Waals surface area contributed by atoms with Gasteiger partial charge in [-0.2, -0.15) is 0 Å². The molecule has 0 aliphatic rings. The molecule has 0 spiro atoms. The molecule has 0 rings (SSSR count). The van der Waals surface area contributed by atoms with Crippen LogP contribution in [0.5, 0.6) is 0 Å². The van der Waals surface area contributed by atoms with E-state index in [0.717, 1.165) is 25.7 Å². The van der Waals surface area contributed by atoms with Crippen LogP contribution in [0, 0.1) is 0 Å². The average molecular weight is 540 g/mol. The van der Waals surface area contributed by atoms with Gasteiger partial charge in [-0.1, -0.05) is 187 Å². The van der Waals surface area contributed by atoms with Crippen molar-refractivity contribution in [1.29, 1.82) is 0 Å². The van der Waals surface area contributed by atoms with Crippen molar-refractivity contribution in [3.05, 3.63) is 0 Å². The maximum Gasteiger partial charge on any atom is 0.329 e. The van der Waals surface area contributed by atoms with E-state index in [2.05, 4.69) is 19.2 Å². The molecular formula is C33H65NO2S. The molecule has 3 nitrogen and oxygen atoms in total. The van der Waals surface area contributed by atoms with Crippen molar-refractivity contribution in [1.82, 2.24) is 5.32 Å².